The van der Waals surface area contributed by atoms with Crippen molar-refractivity contribution in [2.24, 2.45) is 0 Å². The van der Waals surface area contributed by atoms with E-state index in [1.54, 1.807) is 30.8 Å². The first-order valence-electron chi connectivity index (χ1n) is 5.48. The lowest BCUT2D eigenvalue weighted by Gasteiger charge is -2.05. The van der Waals surface area contributed by atoms with Gasteiger partial charge < -0.3 is 10.1 Å². The summed E-state index contributed by atoms with van der Waals surface area (Å²) in [5, 5.41) is 5.32. The normalized spacial score (nSPS) is 10.2. The molecule has 4 nitrogen and oxygen atoms in total. The maximum absolute atomic E-state index is 5.01. The SMILES string of the molecule is CCc1ccsc1CNc1ncc(OC)cn1. The Hall–Kier alpha value is -1.62. The zero-order chi connectivity index (χ0) is 12.1. The largest absolute Gasteiger partial charge is 0.494 e. The highest BCUT2D eigenvalue weighted by molar-refractivity contribution is 7.10. The third-order valence-electron chi connectivity index (χ3n) is 2.49. The first-order valence-corrected chi connectivity index (χ1v) is 6.36. The number of thiophene rings is 1. The topological polar surface area (TPSA) is 47.0 Å². The van der Waals surface area contributed by atoms with E-state index in [0.29, 0.717) is 11.7 Å². The van der Waals surface area contributed by atoms with Crippen LogP contribution in [-0.2, 0) is 13.0 Å². The summed E-state index contributed by atoms with van der Waals surface area (Å²) in [6.45, 7) is 2.93. The molecule has 5 heteroatoms. The van der Waals surface area contributed by atoms with Crippen LogP contribution in [0.1, 0.15) is 17.4 Å². The molecule has 0 aliphatic heterocycles. The van der Waals surface area contributed by atoms with Crippen molar-refractivity contribution < 1.29 is 4.74 Å². The van der Waals surface area contributed by atoms with Gasteiger partial charge in [0.25, 0.3) is 0 Å². The Bertz CT molecular complexity index is 467. The van der Waals surface area contributed by atoms with Gasteiger partial charge in [0.15, 0.2) is 5.75 Å². The number of rotatable bonds is 5. The second-order valence-electron chi connectivity index (χ2n) is 3.52. The van der Waals surface area contributed by atoms with E-state index < -0.39 is 0 Å². The van der Waals surface area contributed by atoms with Crippen LogP contribution in [0.15, 0.2) is 23.8 Å². The maximum atomic E-state index is 5.01. The van der Waals surface area contributed by atoms with Crippen LogP contribution in [0.2, 0.25) is 0 Å². The summed E-state index contributed by atoms with van der Waals surface area (Å²) in [5.41, 5.74) is 1.39. The van der Waals surface area contributed by atoms with Crippen molar-refractivity contribution >= 4 is 17.3 Å². The summed E-state index contributed by atoms with van der Waals surface area (Å²) in [7, 11) is 1.60. The van der Waals surface area contributed by atoms with E-state index in [-0.39, 0.29) is 0 Å². The maximum Gasteiger partial charge on any atom is 0.223 e. The molecule has 0 aliphatic carbocycles. The average molecular weight is 249 g/mol. The number of nitrogens with zero attached hydrogens (tertiary/aromatic N) is 2. The smallest absolute Gasteiger partial charge is 0.223 e. The number of ether oxygens (including phenoxy) is 1. The minimum atomic E-state index is 0.626. The van der Waals surface area contributed by atoms with Crippen molar-refractivity contribution in [3.8, 4) is 5.75 Å². The molecule has 0 aromatic carbocycles. The van der Waals surface area contributed by atoms with E-state index >= 15 is 0 Å². The molecule has 1 N–H and O–H groups in total. The molecule has 0 saturated heterocycles. The van der Waals surface area contributed by atoms with Gasteiger partial charge in [-0.25, -0.2) is 9.97 Å². The number of hydrogen-bond donors (Lipinski definition) is 1. The molecule has 2 aromatic heterocycles. The Labute approximate surface area is 105 Å². The summed E-state index contributed by atoms with van der Waals surface area (Å²) in [4.78, 5) is 9.66. The second-order valence-corrected chi connectivity index (χ2v) is 4.52. The molecule has 0 bridgehead atoms. The molecule has 2 rings (SSSR count). The van der Waals surface area contributed by atoms with E-state index in [1.165, 1.54) is 10.4 Å². The van der Waals surface area contributed by atoms with Crippen molar-refractivity contribution in [3.05, 3.63) is 34.3 Å². The fourth-order valence-corrected chi connectivity index (χ4v) is 2.43. The third-order valence-corrected chi connectivity index (χ3v) is 3.45. The van der Waals surface area contributed by atoms with E-state index in [0.717, 1.165) is 13.0 Å². The number of aromatic nitrogens is 2. The van der Waals surface area contributed by atoms with Crippen LogP contribution in [-0.4, -0.2) is 17.1 Å². The van der Waals surface area contributed by atoms with Crippen molar-refractivity contribution in [3.63, 3.8) is 0 Å². The standard InChI is InChI=1S/C12H15N3OS/c1-3-9-4-5-17-11(9)8-15-12-13-6-10(16-2)7-14-12/h4-7H,3,8H2,1-2H3,(H,13,14,15). The molecule has 2 heterocycles. The van der Waals surface area contributed by atoms with Crippen molar-refractivity contribution in [1.29, 1.82) is 0 Å². The quantitative estimate of drug-likeness (QED) is 0.885. The van der Waals surface area contributed by atoms with Gasteiger partial charge in [-0.1, -0.05) is 6.92 Å². The zero-order valence-corrected chi connectivity index (χ0v) is 10.8. The molecular weight excluding hydrogens is 234 g/mol. The molecule has 0 aliphatic rings. The van der Waals surface area contributed by atoms with Gasteiger partial charge in [0.2, 0.25) is 5.95 Å². The van der Waals surface area contributed by atoms with Gasteiger partial charge in [-0.3, -0.25) is 0 Å². The van der Waals surface area contributed by atoms with E-state index in [2.05, 4.69) is 33.7 Å². The van der Waals surface area contributed by atoms with Crippen LogP contribution in [0.25, 0.3) is 0 Å². The Morgan fingerprint density at radius 3 is 2.76 bits per heavy atom. The number of anilines is 1. The lowest BCUT2D eigenvalue weighted by atomic mass is 10.2. The lowest BCUT2D eigenvalue weighted by Crippen LogP contribution is -2.03. The highest BCUT2D eigenvalue weighted by Crippen LogP contribution is 2.18. The van der Waals surface area contributed by atoms with Crippen molar-refractivity contribution in [1.82, 2.24) is 9.97 Å². The number of nitrogens with one attached hydrogen (secondary N) is 1. The predicted molar refractivity (Wildman–Crippen MR) is 69.6 cm³/mol. The molecule has 2 aromatic rings. The van der Waals surface area contributed by atoms with Crippen LogP contribution < -0.4 is 10.1 Å². The molecule has 0 atom stereocenters. The fraction of sp³-hybridized carbons (Fsp3) is 0.333. The van der Waals surface area contributed by atoms with Gasteiger partial charge in [-0.05, 0) is 23.4 Å². The highest BCUT2D eigenvalue weighted by Gasteiger charge is 2.03. The summed E-state index contributed by atoms with van der Waals surface area (Å²) in [6, 6.07) is 2.16. The second kappa shape index (κ2) is 5.63. The van der Waals surface area contributed by atoms with Crippen LogP contribution in [0.4, 0.5) is 5.95 Å². The van der Waals surface area contributed by atoms with Gasteiger partial charge in [-0.15, -0.1) is 11.3 Å². The van der Waals surface area contributed by atoms with Gasteiger partial charge in [0.05, 0.1) is 26.0 Å². The van der Waals surface area contributed by atoms with E-state index in [4.69, 9.17) is 4.74 Å². The number of aryl methyl sites for hydroxylation is 1. The summed E-state index contributed by atoms with van der Waals surface area (Å²) in [5.74, 6) is 1.29. The summed E-state index contributed by atoms with van der Waals surface area (Å²) in [6.07, 6.45) is 4.37. The molecule has 0 spiro atoms. The molecule has 0 radical (unpaired) electrons. The first-order chi connectivity index (χ1) is 8.33. The lowest BCUT2D eigenvalue weighted by molar-refractivity contribution is 0.411. The zero-order valence-electron chi connectivity index (χ0n) is 9.93. The van der Waals surface area contributed by atoms with Crippen LogP contribution in [0.3, 0.4) is 0 Å². The third kappa shape index (κ3) is 2.94. The van der Waals surface area contributed by atoms with E-state index in [9.17, 15) is 0 Å². The molecule has 0 fully saturated rings. The molecule has 0 saturated carbocycles. The highest BCUT2D eigenvalue weighted by atomic mass is 32.1. The van der Waals surface area contributed by atoms with Gasteiger partial charge in [-0.2, -0.15) is 0 Å². The summed E-state index contributed by atoms with van der Waals surface area (Å²) >= 11 is 1.76. The summed E-state index contributed by atoms with van der Waals surface area (Å²) < 4.78 is 5.01. The van der Waals surface area contributed by atoms with Crippen molar-refractivity contribution in [2.45, 2.75) is 19.9 Å². The Morgan fingerprint density at radius 1 is 1.35 bits per heavy atom. The monoisotopic (exact) mass is 249 g/mol. The van der Waals surface area contributed by atoms with Gasteiger partial charge >= 0.3 is 0 Å². The Kier molecular flexibility index (Phi) is 3.93. The minimum Gasteiger partial charge on any atom is -0.494 e. The number of methoxy groups -OCH3 is 1. The molecule has 17 heavy (non-hydrogen) atoms. The first kappa shape index (κ1) is 11.9. The molecule has 90 valence electrons. The Morgan fingerprint density at radius 2 is 2.12 bits per heavy atom. The predicted octanol–water partition coefficient (Wildman–Crippen LogP) is 2.72. The number of hydrogen-bond acceptors (Lipinski definition) is 5. The fourth-order valence-electron chi connectivity index (χ4n) is 1.51. The molecule has 0 unspecified atom stereocenters. The van der Waals surface area contributed by atoms with Crippen molar-refractivity contribution in [2.75, 3.05) is 12.4 Å². The molecular formula is C12H15N3OS. The van der Waals surface area contributed by atoms with Crippen LogP contribution >= 0.6 is 11.3 Å². The Balaban J connectivity index is 1.97. The van der Waals surface area contributed by atoms with Crippen LogP contribution in [0.5, 0.6) is 5.75 Å². The van der Waals surface area contributed by atoms with E-state index in [1.807, 2.05) is 0 Å². The van der Waals surface area contributed by atoms with Crippen LogP contribution in [0, 0.1) is 0 Å². The minimum absolute atomic E-state index is 0.626. The van der Waals surface area contributed by atoms with Gasteiger partial charge in [0.1, 0.15) is 0 Å². The van der Waals surface area contributed by atoms with Gasteiger partial charge in [0, 0.05) is 4.88 Å². The molecule has 0 amide bonds. The average Bonchev–Trinajstić information content (AvgIpc) is 2.84.